The molecular weight excluding hydrogens is 320 g/mol. The summed E-state index contributed by atoms with van der Waals surface area (Å²) in [6.45, 7) is 0. The minimum Gasteiger partial charge on any atom is -0.480 e. The number of aliphatic carboxylic acids is 1. The average molecular weight is 332 g/mol. The van der Waals surface area contributed by atoms with E-state index in [2.05, 4.69) is 4.98 Å². The van der Waals surface area contributed by atoms with Gasteiger partial charge in [-0.1, -0.05) is 12.1 Å². The van der Waals surface area contributed by atoms with E-state index in [4.69, 9.17) is 10.8 Å². The Kier molecular flexibility index (Phi) is 3.80. The molecule has 23 heavy (non-hydrogen) atoms. The number of rotatable bonds is 5. The summed E-state index contributed by atoms with van der Waals surface area (Å²) in [5.74, 6) is -1.11. The van der Waals surface area contributed by atoms with Crippen molar-refractivity contribution in [1.29, 1.82) is 0 Å². The Morgan fingerprint density at radius 1 is 1.52 bits per heavy atom. The summed E-state index contributed by atoms with van der Waals surface area (Å²) >= 11 is 1.39. The maximum atomic E-state index is 11.0. The van der Waals surface area contributed by atoms with Crippen LogP contribution >= 0.6 is 11.3 Å². The van der Waals surface area contributed by atoms with Crippen LogP contribution in [-0.2, 0) is 11.2 Å². The quantitative estimate of drug-likeness (QED) is 0.543. The molecule has 0 radical (unpaired) electrons. The van der Waals surface area contributed by atoms with Crippen molar-refractivity contribution in [3.8, 4) is 11.3 Å². The van der Waals surface area contributed by atoms with Crippen molar-refractivity contribution in [2.75, 3.05) is 0 Å². The van der Waals surface area contributed by atoms with Crippen molar-refractivity contribution < 1.29 is 14.8 Å². The Balaban J connectivity index is 2.13. The first-order valence-corrected chi connectivity index (χ1v) is 7.53. The summed E-state index contributed by atoms with van der Waals surface area (Å²) in [4.78, 5) is 26.7. The minimum atomic E-state index is -1.11. The highest BCUT2D eigenvalue weighted by Crippen LogP contribution is 2.29. The van der Waals surface area contributed by atoms with Crippen LogP contribution in [0.15, 0.2) is 35.8 Å². The molecule has 0 fully saturated rings. The summed E-state index contributed by atoms with van der Waals surface area (Å²) in [7, 11) is 0. The van der Waals surface area contributed by atoms with E-state index in [1.807, 2.05) is 5.38 Å². The van der Waals surface area contributed by atoms with Crippen LogP contribution in [0, 0.1) is 10.1 Å². The predicted molar refractivity (Wildman–Crippen MR) is 84.5 cm³/mol. The Morgan fingerprint density at radius 2 is 2.30 bits per heavy atom. The maximum Gasteiger partial charge on any atom is 0.320 e. The molecular formula is C14H12N4O4S. The third kappa shape index (κ3) is 2.79. The summed E-state index contributed by atoms with van der Waals surface area (Å²) < 4.78 is 1.77. The molecule has 0 saturated carbocycles. The van der Waals surface area contributed by atoms with E-state index in [1.54, 1.807) is 22.7 Å². The van der Waals surface area contributed by atoms with E-state index in [0.717, 1.165) is 0 Å². The van der Waals surface area contributed by atoms with Crippen molar-refractivity contribution in [3.63, 3.8) is 0 Å². The van der Waals surface area contributed by atoms with Crippen LogP contribution in [-0.4, -0.2) is 31.4 Å². The van der Waals surface area contributed by atoms with Gasteiger partial charge >= 0.3 is 5.97 Å². The molecule has 9 heteroatoms. The Bertz CT molecular complexity index is 901. The normalized spacial score (nSPS) is 12.4. The maximum absolute atomic E-state index is 11.0. The Hall–Kier alpha value is -2.78. The van der Waals surface area contributed by atoms with Crippen LogP contribution in [0.4, 0.5) is 5.69 Å². The second-order valence-corrected chi connectivity index (χ2v) is 5.79. The highest BCUT2D eigenvalue weighted by Gasteiger charge is 2.21. The molecule has 0 amide bonds. The Morgan fingerprint density at radius 3 is 3.00 bits per heavy atom. The number of thiazole rings is 1. The van der Waals surface area contributed by atoms with Gasteiger partial charge in [-0.3, -0.25) is 19.3 Å². The van der Waals surface area contributed by atoms with E-state index in [0.29, 0.717) is 21.9 Å². The van der Waals surface area contributed by atoms with Gasteiger partial charge < -0.3 is 10.8 Å². The molecule has 3 rings (SSSR count). The zero-order chi connectivity index (χ0) is 16.6. The van der Waals surface area contributed by atoms with Crippen molar-refractivity contribution >= 4 is 28.0 Å². The number of nitrogens with zero attached hydrogens (tertiary/aromatic N) is 3. The van der Waals surface area contributed by atoms with Crippen LogP contribution in [0.1, 0.15) is 5.69 Å². The largest absolute Gasteiger partial charge is 0.480 e. The number of hydrogen-bond donors (Lipinski definition) is 2. The molecule has 0 aliphatic carbocycles. The molecule has 1 unspecified atom stereocenters. The van der Waals surface area contributed by atoms with Gasteiger partial charge in [-0.25, -0.2) is 4.98 Å². The third-order valence-corrected chi connectivity index (χ3v) is 4.18. The standard InChI is InChI=1S/C14H12N4O4S/c15-10(13(19)20)7-11-12(16-14-17(11)4-5-23-14)8-2-1-3-9(6-8)18(21)22/h1-6,10H,7,15H2,(H,19,20). The van der Waals surface area contributed by atoms with Gasteiger partial charge in [0.2, 0.25) is 0 Å². The molecule has 1 atom stereocenters. The molecule has 0 bridgehead atoms. The van der Waals surface area contributed by atoms with Gasteiger partial charge in [-0.15, -0.1) is 11.3 Å². The number of carboxylic acid groups (broad SMARTS) is 1. The lowest BCUT2D eigenvalue weighted by Crippen LogP contribution is -2.32. The first kappa shape index (κ1) is 15.1. The Labute approximate surface area is 134 Å². The molecule has 0 saturated heterocycles. The van der Waals surface area contributed by atoms with Crippen LogP contribution in [0.5, 0.6) is 0 Å². The van der Waals surface area contributed by atoms with Gasteiger partial charge in [-0.2, -0.15) is 0 Å². The highest BCUT2D eigenvalue weighted by molar-refractivity contribution is 7.15. The molecule has 0 aliphatic rings. The number of nitro groups is 1. The summed E-state index contributed by atoms with van der Waals surface area (Å²) in [5, 5.41) is 21.8. The summed E-state index contributed by atoms with van der Waals surface area (Å²) in [6, 6.07) is 5.01. The fourth-order valence-corrected chi connectivity index (χ4v) is 3.05. The summed E-state index contributed by atoms with van der Waals surface area (Å²) in [6.07, 6.45) is 1.85. The molecule has 1 aromatic carbocycles. The lowest BCUT2D eigenvalue weighted by Gasteiger charge is -2.08. The molecule has 2 heterocycles. The average Bonchev–Trinajstić information content (AvgIpc) is 3.09. The molecule has 3 N–H and O–H groups in total. The van der Waals surface area contributed by atoms with Crippen LogP contribution in [0.3, 0.4) is 0 Å². The SMILES string of the molecule is NC(Cc1c(-c2cccc([N+](=O)[O-])c2)nc2sccn12)C(=O)O. The number of nitrogens with two attached hydrogens (primary N) is 1. The molecule has 8 nitrogen and oxygen atoms in total. The fraction of sp³-hybridized carbons (Fsp3) is 0.143. The van der Waals surface area contributed by atoms with Gasteiger partial charge in [0.05, 0.1) is 16.3 Å². The second-order valence-electron chi connectivity index (χ2n) is 4.92. The van der Waals surface area contributed by atoms with Crippen LogP contribution < -0.4 is 5.73 Å². The predicted octanol–water partition coefficient (Wildman–Crippen LogP) is 1.93. The van der Waals surface area contributed by atoms with E-state index >= 15 is 0 Å². The number of non-ortho nitro benzene ring substituents is 1. The number of benzene rings is 1. The van der Waals surface area contributed by atoms with Crippen molar-refractivity contribution in [3.05, 3.63) is 51.7 Å². The van der Waals surface area contributed by atoms with Crippen LogP contribution in [0.25, 0.3) is 16.2 Å². The highest BCUT2D eigenvalue weighted by atomic mass is 32.1. The second kappa shape index (κ2) is 5.78. The number of fused-ring (bicyclic) bond motifs is 1. The molecule has 3 aromatic rings. The van der Waals surface area contributed by atoms with Crippen molar-refractivity contribution in [2.45, 2.75) is 12.5 Å². The lowest BCUT2D eigenvalue weighted by molar-refractivity contribution is -0.384. The molecule has 118 valence electrons. The van der Waals surface area contributed by atoms with Gasteiger partial charge in [0.25, 0.3) is 5.69 Å². The van der Waals surface area contributed by atoms with E-state index in [-0.39, 0.29) is 12.1 Å². The van der Waals surface area contributed by atoms with E-state index < -0.39 is 16.9 Å². The number of nitro benzene ring substituents is 1. The lowest BCUT2D eigenvalue weighted by atomic mass is 10.0. The van der Waals surface area contributed by atoms with Gasteiger partial charge in [0.1, 0.15) is 6.04 Å². The topological polar surface area (TPSA) is 124 Å². The number of imidazole rings is 1. The van der Waals surface area contributed by atoms with Gasteiger partial charge in [0.15, 0.2) is 4.96 Å². The molecule has 2 aromatic heterocycles. The minimum absolute atomic E-state index is 0.0488. The fourth-order valence-electron chi connectivity index (χ4n) is 2.32. The molecule has 0 aliphatic heterocycles. The zero-order valence-electron chi connectivity index (χ0n) is 11.7. The first-order chi connectivity index (χ1) is 11.0. The summed E-state index contributed by atoms with van der Waals surface area (Å²) in [5.41, 5.74) is 7.29. The molecule has 0 spiro atoms. The number of hydrogen-bond acceptors (Lipinski definition) is 6. The third-order valence-electron chi connectivity index (χ3n) is 3.42. The van der Waals surface area contributed by atoms with Crippen molar-refractivity contribution in [1.82, 2.24) is 9.38 Å². The van der Waals surface area contributed by atoms with Gasteiger partial charge in [-0.05, 0) is 0 Å². The number of aromatic nitrogens is 2. The number of carboxylic acids is 1. The monoisotopic (exact) mass is 332 g/mol. The first-order valence-electron chi connectivity index (χ1n) is 6.65. The van der Waals surface area contributed by atoms with E-state index in [9.17, 15) is 14.9 Å². The zero-order valence-corrected chi connectivity index (χ0v) is 12.6. The van der Waals surface area contributed by atoms with Crippen LogP contribution in [0.2, 0.25) is 0 Å². The van der Waals surface area contributed by atoms with Gasteiger partial charge in [0, 0.05) is 35.7 Å². The smallest absolute Gasteiger partial charge is 0.320 e. The number of carbonyl (C=O) groups is 1. The van der Waals surface area contributed by atoms with E-state index in [1.165, 1.54) is 23.5 Å². The van der Waals surface area contributed by atoms with Crippen molar-refractivity contribution in [2.24, 2.45) is 5.73 Å².